The number of halogens is 1. The van der Waals surface area contributed by atoms with Crippen LogP contribution in [0.25, 0.3) is 0 Å². The molecule has 104 valence electrons. The second-order valence-corrected chi connectivity index (χ2v) is 4.25. The number of carbonyl (C=O) groups is 2. The minimum atomic E-state index is -0.393. The number of ether oxygens (including phenoxy) is 1. The second kappa shape index (κ2) is 7.51. The lowest BCUT2D eigenvalue weighted by atomic mass is 10.2. The fourth-order valence-corrected chi connectivity index (χ4v) is 1.50. The van der Waals surface area contributed by atoms with Crippen molar-refractivity contribution in [2.45, 2.75) is 26.3 Å². The van der Waals surface area contributed by atoms with Crippen LogP contribution in [0.1, 0.15) is 25.3 Å². The van der Waals surface area contributed by atoms with E-state index in [-0.39, 0.29) is 24.9 Å². The summed E-state index contributed by atoms with van der Waals surface area (Å²) in [6.07, 6.45) is 0.975. The predicted octanol–water partition coefficient (Wildman–Crippen LogP) is 2.13. The third-order valence-corrected chi connectivity index (χ3v) is 2.60. The number of likely N-dealkylation sites (N-methyl/N-ethyl adjacent to an activating group) is 1. The number of hydrogen-bond acceptors (Lipinski definition) is 3. The summed E-state index contributed by atoms with van der Waals surface area (Å²) < 4.78 is 18.2. The normalized spacial score (nSPS) is 10.1. The maximum Gasteiger partial charge on any atom is 0.306 e. The molecule has 0 N–H and O–H groups in total. The molecule has 0 aromatic heterocycles. The first-order valence-corrected chi connectivity index (χ1v) is 6.17. The molecule has 0 saturated carbocycles. The summed E-state index contributed by atoms with van der Waals surface area (Å²) in [6, 6.07) is 6.25. The summed E-state index contributed by atoms with van der Waals surface area (Å²) in [5.41, 5.74) is 0.429. The molecule has 0 unspecified atom stereocenters. The van der Waals surface area contributed by atoms with Gasteiger partial charge in [0.1, 0.15) is 5.82 Å². The molecule has 0 radical (unpaired) electrons. The molecule has 0 bridgehead atoms. The van der Waals surface area contributed by atoms with Crippen LogP contribution in [0, 0.1) is 5.82 Å². The molecule has 1 aromatic rings. The highest BCUT2D eigenvalue weighted by Crippen LogP contribution is 2.09. The third-order valence-electron chi connectivity index (χ3n) is 2.60. The Kier molecular flexibility index (Phi) is 5.99. The van der Waals surface area contributed by atoms with Crippen molar-refractivity contribution < 1.29 is 18.7 Å². The van der Waals surface area contributed by atoms with Crippen LogP contribution in [0.15, 0.2) is 24.3 Å². The summed E-state index contributed by atoms with van der Waals surface area (Å²) in [5.74, 6) is -1.10. The van der Waals surface area contributed by atoms with Gasteiger partial charge in [0.15, 0.2) is 6.61 Å². The molecule has 0 aliphatic carbocycles. The smallest absolute Gasteiger partial charge is 0.306 e. The molecule has 0 heterocycles. The zero-order chi connectivity index (χ0) is 14.3. The Labute approximate surface area is 112 Å². The van der Waals surface area contributed by atoms with E-state index in [1.165, 1.54) is 11.0 Å². The molecule has 1 aromatic carbocycles. The molecular formula is C14H18FNO3. The number of carbonyl (C=O) groups excluding carboxylic acids is 2. The average Bonchev–Trinajstić information content (AvgIpc) is 2.39. The van der Waals surface area contributed by atoms with Crippen LogP contribution in [0.4, 0.5) is 4.39 Å². The maximum absolute atomic E-state index is 13.4. The van der Waals surface area contributed by atoms with Gasteiger partial charge in [0.25, 0.3) is 5.91 Å². The van der Waals surface area contributed by atoms with Crippen LogP contribution in [0.5, 0.6) is 0 Å². The van der Waals surface area contributed by atoms with Gasteiger partial charge in [-0.3, -0.25) is 9.59 Å². The molecule has 0 atom stereocenters. The van der Waals surface area contributed by atoms with Gasteiger partial charge < -0.3 is 9.64 Å². The maximum atomic E-state index is 13.4. The first-order chi connectivity index (χ1) is 9.04. The van der Waals surface area contributed by atoms with Crippen molar-refractivity contribution in [2.24, 2.45) is 0 Å². The van der Waals surface area contributed by atoms with Gasteiger partial charge in [-0.15, -0.1) is 0 Å². The van der Waals surface area contributed by atoms with Crippen LogP contribution >= 0.6 is 0 Å². The lowest BCUT2D eigenvalue weighted by Crippen LogP contribution is -2.31. The Bertz CT molecular complexity index is 448. The zero-order valence-electron chi connectivity index (χ0n) is 11.2. The molecule has 4 nitrogen and oxygen atoms in total. The van der Waals surface area contributed by atoms with E-state index >= 15 is 0 Å². The van der Waals surface area contributed by atoms with Crippen LogP contribution in [-0.4, -0.2) is 30.4 Å². The monoisotopic (exact) mass is 267 g/mol. The van der Waals surface area contributed by atoms with Crippen molar-refractivity contribution in [2.75, 3.05) is 13.7 Å². The van der Waals surface area contributed by atoms with Crippen molar-refractivity contribution in [1.29, 1.82) is 0 Å². The van der Waals surface area contributed by atoms with Gasteiger partial charge in [-0.1, -0.05) is 25.1 Å². The Hall–Kier alpha value is -1.91. The number of benzene rings is 1. The molecular weight excluding hydrogens is 249 g/mol. The number of rotatable bonds is 6. The molecule has 19 heavy (non-hydrogen) atoms. The van der Waals surface area contributed by atoms with Gasteiger partial charge in [-0.2, -0.15) is 0 Å². The molecule has 5 heteroatoms. The quantitative estimate of drug-likeness (QED) is 0.742. The minimum absolute atomic E-state index is 0.150. The van der Waals surface area contributed by atoms with Crippen LogP contribution in [-0.2, 0) is 20.9 Å². The highest BCUT2D eigenvalue weighted by Gasteiger charge is 2.13. The SMILES string of the molecule is CCCC(=O)OCC(=O)N(C)Cc1ccccc1F. The Morgan fingerprint density at radius 1 is 1.32 bits per heavy atom. The Morgan fingerprint density at radius 3 is 2.63 bits per heavy atom. The Morgan fingerprint density at radius 2 is 2.00 bits per heavy atom. The first kappa shape index (κ1) is 15.1. The minimum Gasteiger partial charge on any atom is -0.456 e. The topological polar surface area (TPSA) is 46.6 Å². The van der Waals surface area contributed by atoms with E-state index in [1.54, 1.807) is 25.2 Å². The van der Waals surface area contributed by atoms with Crippen molar-refractivity contribution >= 4 is 11.9 Å². The van der Waals surface area contributed by atoms with Crippen LogP contribution in [0.2, 0.25) is 0 Å². The van der Waals surface area contributed by atoms with E-state index < -0.39 is 5.97 Å². The lowest BCUT2D eigenvalue weighted by Gasteiger charge is -2.17. The second-order valence-electron chi connectivity index (χ2n) is 4.25. The van der Waals surface area contributed by atoms with Gasteiger partial charge in [-0.25, -0.2) is 4.39 Å². The van der Waals surface area contributed by atoms with E-state index in [9.17, 15) is 14.0 Å². The summed E-state index contributed by atoms with van der Waals surface area (Å²) in [5, 5.41) is 0. The van der Waals surface area contributed by atoms with Crippen LogP contribution < -0.4 is 0 Å². The molecule has 0 fully saturated rings. The van der Waals surface area contributed by atoms with Gasteiger partial charge in [0, 0.05) is 25.6 Å². The number of nitrogens with zero attached hydrogens (tertiary/aromatic N) is 1. The summed E-state index contributed by atoms with van der Waals surface area (Å²) >= 11 is 0. The first-order valence-electron chi connectivity index (χ1n) is 6.17. The van der Waals surface area contributed by atoms with E-state index in [0.29, 0.717) is 18.4 Å². The number of esters is 1. The van der Waals surface area contributed by atoms with E-state index in [1.807, 2.05) is 6.92 Å². The fraction of sp³-hybridized carbons (Fsp3) is 0.429. The highest BCUT2D eigenvalue weighted by atomic mass is 19.1. The Balaban J connectivity index is 2.45. The number of hydrogen-bond donors (Lipinski definition) is 0. The molecule has 0 aliphatic rings. The van der Waals surface area contributed by atoms with Crippen molar-refractivity contribution in [3.8, 4) is 0 Å². The van der Waals surface area contributed by atoms with Gasteiger partial charge >= 0.3 is 5.97 Å². The van der Waals surface area contributed by atoms with Crippen molar-refractivity contribution in [3.05, 3.63) is 35.6 Å². The fourth-order valence-electron chi connectivity index (χ4n) is 1.50. The predicted molar refractivity (Wildman–Crippen MR) is 68.7 cm³/mol. The standard InChI is InChI=1S/C14H18FNO3/c1-3-6-14(18)19-10-13(17)16(2)9-11-7-4-5-8-12(11)15/h4-5,7-8H,3,6,9-10H2,1-2H3. The van der Waals surface area contributed by atoms with E-state index in [0.717, 1.165) is 0 Å². The lowest BCUT2D eigenvalue weighted by molar-refractivity contribution is -0.151. The van der Waals surface area contributed by atoms with E-state index in [4.69, 9.17) is 4.74 Å². The summed E-state index contributed by atoms with van der Waals surface area (Å²) in [6.45, 7) is 1.70. The van der Waals surface area contributed by atoms with Crippen molar-refractivity contribution in [3.63, 3.8) is 0 Å². The summed E-state index contributed by atoms with van der Waals surface area (Å²) in [4.78, 5) is 24.2. The van der Waals surface area contributed by atoms with Gasteiger partial charge in [0.05, 0.1) is 0 Å². The van der Waals surface area contributed by atoms with Gasteiger partial charge in [0.2, 0.25) is 0 Å². The molecule has 0 saturated heterocycles. The molecule has 0 spiro atoms. The average molecular weight is 267 g/mol. The van der Waals surface area contributed by atoms with Gasteiger partial charge in [-0.05, 0) is 12.5 Å². The van der Waals surface area contributed by atoms with Crippen molar-refractivity contribution in [1.82, 2.24) is 4.90 Å². The summed E-state index contributed by atoms with van der Waals surface area (Å²) in [7, 11) is 1.54. The third kappa shape index (κ3) is 5.07. The van der Waals surface area contributed by atoms with E-state index in [2.05, 4.69) is 0 Å². The van der Waals surface area contributed by atoms with Crippen LogP contribution in [0.3, 0.4) is 0 Å². The molecule has 1 rings (SSSR count). The molecule has 1 amide bonds. The molecule has 0 aliphatic heterocycles. The zero-order valence-corrected chi connectivity index (χ0v) is 11.2. The largest absolute Gasteiger partial charge is 0.456 e. The number of amides is 1. The highest BCUT2D eigenvalue weighted by molar-refractivity contribution is 5.80.